The zero-order valence-electron chi connectivity index (χ0n) is 14.1. The third kappa shape index (κ3) is 2.53. The minimum atomic E-state index is -3.67. The van der Waals surface area contributed by atoms with Crippen molar-refractivity contribution >= 4 is 15.7 Å². The van der Waals surface area contributed by atoms with Crippen molar-refractivity contribution in [2.45, 2.75) is 31.2 Å². The van der Waals surface area contributed by atoms with Gasteiger partial charge in [0.2, 0.25) is 0 Å². The highest BCUT2D eigenvalue weighted by Crippen LogP contribution is 2.37. The van der Waals surface area contributed by atoms with Crippen molar-refractivity contribution in [3.05, 3.63) is 72.1 Å². The molecule has 1 unspecified atom stereocenters. The van der Waals surface area contributed by atoms with Crippen molar-refractivity contribution in [3.8, 4) is 5.69 Å². The highest BCUT2D eigenvalue weighted by Gasteiger charge is 2.37. The lowest BCUT2D eigenvalue weighted by Crippen LogP contribution is -2.35. The summed E-state index contributed by atoms with van der Waals surface area (Å²) in [6, 6.07) is 17.1. The molecule has 5 nitrogen and oxygen atoms in total. The molecular formula is C19H19N3O2S. The summed E-state index contributed by atoms with van der Waals surface area (Å²) in [4.78, 5) is 0.250. The summed E-state index contributed by atoms with van der Waals surface area (Å²) in [5, 5.41) is 4.41. The predicted octanol–water partition coefficient (Wildman–Crippen LogP) is 3.32. The van der Waals surface area contributed by atoms with Crippen molar-refractivity contribution < 1.29 is 8.42 Å². The Hall–Kier alpha value is -2.60. The number of hydrogen-bond acceptors (Lipinski definition) is 3. The second kappa shape index (κ2) is 5.74. The summed E-state index contributed by atoms with van der Waals surface area (Å²) in [5.41, 5.74) is 3.16. The maximum atomic E-state index is 13.3. The van der Waals surface area contributed by atoms with E-state index in [1.54, 1.807) is 17.8 Å². The van der Waals surface area contributed by atoms with E-state index in [4.69, 9.17) is 0 Å². The van der Waals surface area contributed by atoms with Gasteiger partial charge in [0, 0.05) is 6.04 Å². The summed E-state index contributed by atoms with van der Waals surface area (Å²) in [6.45, 7) is 3.67. The number of benzene rings is 2. The van der Waals surface area contributed by atoms with Crippen LogP contribution in [0.5, 0.6) is 0 Å². The standard InChI is InChI=1S/C19H19N3O2S/c1-14-12-16-8-6-7-11-18(16)22(14)25(23,24)19-13-21(20-15(19)2)17-9-4-3-5-10-17/h3-11,13-14H,12H2,1-2H3. The van der Waals surface area contributed by atoms with Gasteiger partial charge in [0.15, 0.2) is 0 Å². The molecule has 0 aliphatic carbocycles. The number of rotatable bonds is 3. The highest BCUT2D eigenvalue weighted by molar-refractivity contribution is 7.93. The van der Waals surface area contributed by atoms with E-state index in [9.17, 15) is 8.42 Å². The number of fused-ring (bicyclic) bond motifs is 1. The molecule has 1 aliphatic rings. The van der Waals surface area contributed by atoms with Crippen LogP contribution in [-0.4, -0.2) is 24.2 Å². The fraction of sp³-hybridized carbons (Fsp3) is 0.211. The molecule has 128 valence electrons. The van der Waals surface area contributed by atoms with Gasteiger partial charge in [-0.3, -0.25) is 4.31 Å². The number of para-hydroxylation sites is 2. The molecule has 3 aromatic rings. The Bertz CT molecular complexity index is 1030. The van der Waals surface area contributed by atoms with Gasteiger partial charge in [0.25, 0.3) is 10.0 Å². The van der Waals surface area contributed by atoms with Crippen LogP contribution in [-0.2, 0) is 16.4 Å². The van der Waals surface area contributed by atoms with Gasteiger partial charge in [-0.1, -0.05) is 36.4 Å². The molecule has 25 heavy (non-hydrogen) atoms. The maximum absolute atomic E-state index is 13.3. The van der Waals surface area contributed by atoms with Gasteiger partial charge in [-0.25, -0.2) is 13.1 Å². The van der Waals surface area contributed by atoms with Crippen molar-refractivity contribution in [1.29, 1.82) is 0 Å². The van der Waals surface area contributed by atoms with Crippen molar-refractivity contribution in [3.63, 3.8) is 0 Å². The van der Waals surface area contributed by atoms with Crippen LogP contribution in [0.15, 0.2) is 65.7 Å². The van der Waals surface area contributed by atoms with Crippen LogP contribution in [0.3, 0.4) is 0 Å². The molecule has 0 saturated carbocycles. The number of aromatic nitrogens is 2. The molecule has 0 fully saturated rings. The largest absolute Gasteiger partial charge is 0.268 e. The van der Waals surface area contributed by atoms with Gasteiger partial charge in [-0.05, 0) is 44.0 Å². The Morgan fingerprint density at radius 1 is 1.04 bits per heavy atom. The van der Waals surface area contributed by atoms with E-state index < -0.39 is 10.0 Å². The Balaban J connectivity index is 1.81. The number of nitrogens with zero attached hydrogens (tertiary/aromatic N) is 3. The van der Waals surface area contributed by atoms with Gasteiger partial charge in [-0.15, -0.1) is 0 Å². The molecule has 1 aromatic heterocycles. The first-order valence-electron chi connectivity index (χ1n) is 8.22. The van der Waals surface area contributed by atoms with Gasteiger partial charge in [0.1, 0.15) is 4.90 Å². The fourth-order valence-electron chi connectivity index (χ4n) is 3.42. The van der Waals surface area contributed by atoms with Crippen LogP contribution in [0.25, 0.3) is 5.69 Å². The summed E-state index contributed by atoms with van der Waals surface area (Å²) < 4.78 is 29.8. The Morgan fingerprint density at radius 2 is 1.72 bits per heavy atom. The van der Waals surface area contributed by atoms with Crippen LogP contribution in [0, 0.1) is 6.92 Å². The number of aryl methyl sites for hydroxylation is 1. The molecule has 6 heteroatoms. The lowest BCUT2D eigenvalue weighted by molar-refractivity contribution is 0.583. The third-order valence-electron chi connectivity index (χ3n) is 4.56. The normalized spacial score (nSPS) is 16.9. The van der Waals surface area contributed by atoms with Gasteiger partial charge < -0.3 is 0 Å². The lowest BCUT2D eigenvalue weighted by atomic mass is 10.1. The van der Waals surface area contributed by atoms with Crippen molar-refractivity contribution in [1.82, 2.24) is 9.78 Å². The van der Waals surface area contributed by atoms with Gasteiger partial charge in [-0.2, -0.15) is 5.10 Å². The zero-order chi connectivity index (χ0) is 17.6. The molecule has 0 N–H and O–H groups in total. The molecule has 0 saturated heterocycles. The van der Waals surface area contributed by atoms with Crippen LogP contribution in [0.1, 0.15) is 18.2 Å². The average Bonchev–Trinajstić information content (AvgIpc) is 3.15. The quantitative estimate of drug-likeness (QED) is 0.726. The maximum Gasteiger partial charge on any atom is 0.268 e. The lowest BCUT2D eigenvalue weighted by Gasteiger charge is -2.24. The second-order valence-corrected chi connectivity index (χ2v) is 8.12. The minimum absolute atomic E-state index is 0.109. The summed E-state index contributed by atoms with van der Waals surface area (Å²) in [5.74, 6) is 0. The topological polar surface area (TPSA) is 55.2 Å². The van der Waals surface area contributed by atoms with E-state index in [1.165, 1.54) is 4.31 Å². The third-order valence-corrected chi connectivity index (χ3v) is 6.59. The van der Waals surface area contributed by atoms with Crippen molar-refractivity contribution in [2.75, 3.05) is 4.31 Å². The molecular weight excluding hydrogens is 334 g/mol. The molecule has 2 aromatic carbocycles. The average molecular weight is 353 g/mol. The van der Waals surface area contributed by atoms with E-state index in [1.807, 2.05) is 61.5 Å². The van der Waals surface area contributed by atoms with Crippen LogP contribution < -0.4 is 4.31 Å². The molecule has 0 radical (unpaired) electrons. The number of sulfonamides is 1. The van der Waals surface area contributed by atoms with E-state index in [-0.39, 0.29) is 10.9 Å². The van der Waals surface area contributed by atoms with E-state index >= 15 is 0 Å². The number of hydrogen-bond donors (Lipinski definition) is 0. The van der Waals surface area contributed by atoms with Crippen LogP contribution in [0.2, 0.25) is 0 Å². The fourth-order valence-corrected chi connectivity index (χ4v) is 5.26. The first-order valence-corrected chi connectivity index (χ1v) is 9.66. The summed E-state index contributed by atoms with van der Waals surface area (Å²) in [6.07, 6.45) is 2.33. The molecule has 1 aliphatic heterocycles. The van der Waals surface area contributed by atoms with Gasteiger partial charge in [0.05, 0.1) is 23.3 Å². The first-order chi connectivity index (χ1) is 12.0. The monoisotopic (exact) mass is 353 g/mol. The molecule has 0 amide bonds. The summed E-state index contributed by atoms with van der Waals surface area (Å²) in [7, 11) is -3.67. The van der Waals surface area contributed by atoms with E-state index in [2.05, 4.69) is 5.10 Å². The first kappa shape index (κ1) is 15.9. The predicted molar refractivity (Wildman–Crippen MR) is 97.6 cm³/mol. The van der Waals surface area contributed by atoms with Crippen LogP contribution >= 0.6 is 0 Å². The highest BCUT2D eigenvalue weighted by atomic mass is 32.2. The molecule has 4 rings (SSSR count). The minimum Gasteiger partial charge on any atom is -0.263 e. The van der Waals surface area contributed by atoms with Crippen LogP contribution in [0.4, 0.5) is 5.69 Å². The number of anilines is 1. The molecule has 2 heterocycles. The zero-order valence-corrected chi connectivity index (χ0v) is 14.9. The smallest absolute Gasteiger partial charge is 0.263 e. The SMILES string of the molecule is Cc1nn(-c2ccccc2)cc1S(=O)(=O)N1c2ccccc2CC1C. The molecule has 0 bridgehead atoms. The molecule has 0 spiro atoms. The summed E-state index contributed by atoms with van der Waals surface area (Å²) >= 11 is 0. The van der Waals surface area contributed by atoms with Crippen molar-refractivity contribution in [2.24, 2.45) is 0 Å². The second-order valence-electron chi connectivity index (χ2n) is 6.34. The van der Waals surface area contributed by atoms with Gasteiger partial charge >= 0.3 is 0 Å². The Morgan fingerprint density at radius 3 is 2.48 bits per heavy atom. The Labute approximate surface area is 147 Å². The van der Waals surface area contributed by atoms with E-state index in [0.29, 0.717) is 5.69 Å². The Kier molecular flexibility index (Phi) is 3.65. The van der Waals surface area contributed by atoms with E-state index in [0.717, 1.165) is 23.4 Å². The molecule has 1 atom stereocenters.